The first-order valence-electron chi connectivity index (χ1n) is 12.0. The molecule has 1 aromatic heterocycles. The van der Waals surface area contributed by atoms with E-state index in [0.29, 0.717) is 45.4 Å². The number of sulfone groups is 1. The molecule has 1 aromatic carbocycles. The zero-order valence-electron chi connectivity index (χ0n) is 20.3. The summed E-state index contributed by atoms with van der Waals surface area (Å²) in [5.41, 5.74) is 0. The Morgan fingerprint density at radius 2 is 1.86 bits per heavy atom. The topological polar surface area (TPSA) is 117 Å². The van der Waals surface area contributed by atoms with Gasteiger partial charge in [-0.05, 0) is 37.5 Å². The second-order valence-electron chi connectivity index (χ2n) is 8.73. The van der Waals surface area contributed by atoms with Crippen LogP contribution < -0.4 is 14.2 Å². The van der Waals surface area contributed by atoms with Gasteiger partial charge in [0.1, 0.15) is 18.2 Å². The van der Waals surface area contributed by atoms with Crippen LogP contribution in [0.5, 0.6) is 23.3 Å². The second-order valence-corrected chi connectivity index (χ2v) is 11.4. The quantitative estimate of drug-likeness (QED) is 0.397. The molecule has 196 valence electrons. The fraction of sp³-hybridized carbons (Fsp3) is 0.542. The van der Waals surface area contributed by atoms with Crippen molar-refractivity contribution in [3.63, 3.8) is 0 Å². The maximum absolute atomic E-state index is 12.5. The van der Waals surface area contributed by atoms with E-state index < -0.39 is 9.84 Å². The highest BCUT2D eigenvalue weighted by molar-refractivity contribution is 7.92. The molecule has 10 nitrogen and oxygen atoms in total. The van der Waals surface area contributed by atoms with Crippen LogP contribution in [-0.4, -0.2) is 67.5 Å². The lowest BCUT2D eigenvalue weighted by Crippen LogP contribution is -2.42. The van der Waals surface area contributed by atoms with Gasteiger partial charge in [0.05, 0.1) is 28.9 Å². The van der Waals surface area contributed by atoms with Crippen LogP contribution in [0.15, 0.2) is 29.4 Å². The Morgan fingerprint density at radius 1 is 1.14 bits per heavy atom. The van der Waals surface area contributed by atoms with Gasteiger partial charge in [0, 0.05) is 25.9 Å². The predicted molar refractivity (Wildman–Crippen MR) is 132 cm³/mol. The molecule has 12 heteroatoms. The predicted octanol–water partition coefficient (Wildman–Crippen LogP) is 4.65. The Labute approximate surface area is 215 Å². The normalized spacial score (nSPS) is 16.5. The summed E-state index contributed by atoms with van der Waals surface area (Å²) in [5, 5.41) is -0.196. The number of unbranched alkanes of at least 4 members (excludes halogenated alkanes) is 1. The van der Waals surface area contributed by atoms with Gasteiger partial charge in [-0.3, -0.25) is 0 Å². The summed E-state index contributed by atoms with van der Waals surface area (Å²) >= 11 is 6.33. The number of nitrogens with zero attached hydrogens (tertiary/aromatic N) is 3. The third-order valence-electron chi connectivity index (χ3n) is 6.05. The van der Waals surface area contributed by atoms with Gasteiger partial charge < -0.3 is 23.8 Å². The summed E-state index contributed by atoms with van der Waals surface area (Å²) < 4.78 is 47.6. The Morgan fingerprint density at radius 3 is 2.50 bits per heavy atom. The largest absolute Gasteiger partial charge is 0.487 e. The SMILES string of the molecule is CCCCOC(=O)N1CCC(Oc2ncnc(Oc3ccc(S(=O)(=O)C4CC4)cc3Cl)c2OC)CC1. The smallest absolute Gasteiger partial charge is 0.409 e. The Balaban J connectivity index is 1.40. The summed E-state index contributed by atoms with van der Waals surface area (Å²) in [4.78, 5) is 22.3. The van der Waals surface area contributed by atoms with Gasteiger partial charge in [-0.15, -0.1) is 0 Å². The molecule has 2 fully saturated rings. The fourth-order valence-corrected chi connectivity index (χ4v) is 5.76. The Bertz CT molecular complexity index is 1180. The number of hydrogen-bond donors (Lipinski definition) is 0. The van der Waals surface area contributed by atoms with Crippen molar-refractivity contribution in [2.45, 2.75) is 61.7 Å². The van der Waals surface area contributed by atoms with E-state index in [1.807, 2.05) is 6.92 Å². The van der Waals surface area contributed by atoms with Crippen LogP contribution in [0.3, 0.4) is 0 Å². The average Bonchev–Trinajstić information content (AvgIpc) is 3.72. The molecule has 0 N–H and O–H groups in total. The molecule has 36 heavy (non-hydrogen) atoms. The minimum atomic E-state index is -3.37. The third-order valence-corrected chi connectivity index (χ3v) is 8.60. The summed E-state index contributed by atoms with van der Waals surface area (Å²) in [7, 11) is -1.93. The van der Waals surface area contributed by atoms with Crippen molar-refractivity contribution in [3.8, 4) is 23.3 Å². The van der Waals surface area contributed by atoms with Crippen LogP contribution in [0, 0.1) is 0 Å². The average molecular weight is 540 g/mol. The number of halogens is 1. The number of aromatic nitrogens is 2. The minimum Gasteiger partial charge on any atom is -0.487 e. The highest BCUT2D eigenvalue weighted by Crippen LogP contribution is 2.40. The van der Waals surface area contributed by atoms with Gasteiger partial charge >= 0.3 is 6.09 Å². The standard InChI is InChI=1S/C24H30ClN3O7S/c1-3-4-13-33-24(29)28-11-9-16(10-12-28)34-22-21(32-2)23(27-15-26-22)35-20-8-7-18(14-19(20)25)36(30,31)17-5-6-17/h7-8,14-17H,3-6,9-13H2,1-2H3. The van der Waals surface area contributed by atoms with Gasteiger partial charge in [-0.2, -0.15) is 9.97 Å². The number of benzene rings is 1. The molecule has 0 bridgehead atoms. The first-order chi connectivity index (χ1) is 17.3. The van der Waals surface area contributed by atoms with E-state index in [9.17, 15) is 13.2 Å². The molecule has 4 rings (SSSR count). The van der Waals surface area contributed by atoms with E-state index in [1.54, 1.807) is 4.90 Å². The molecule has 1 saturated carbocycles. The van der Waals surface area contributed by atoms with Crippen molar-refractivity contribution < 1.29 is 32.2 Å². The summed E-state index contributed by atoms with van der Waals surface area (Å²) in [6, 6.07) is 4.35. The summed E-state index contributed by atoms with van der Waals surface area (Å²) in [6.45, 7) is 3.49. The molecule has 0 unspecified atom stereocenters. The molecule has 2 aromatic rings. The Kier molecular flexibility index (Phi) is 8.40. The lowest BCUT2D eigenvalue weighted by atomic mass is 10.1. The van der Waals surface area contributed by atoms with E-state index in [1.165, 1.54) is 31.6 Å². The van der Waals surface area contributed by atoms with Gasteiger partial charge in [-0.25, -0.2) is 13.2 Å². The van der Waals surface area contributed by atoms with Crippen LogP contribution in [0.1, 0.15) is 45.4 Å². The van der Waals surface area contributed by atoms with Crippen LogP contribution in [0.25, 0.3) is 0 Å². The van der Waals surface area contributed by atoms with Gasteiger partial charge in [0.15, 0.2) is 9.84 Å². The van der Waals surface area contributed by atoms with Crippen molar-refractivity contribution in [2.75, 3.05) is 26.8 Å². The number of methoxy groups -OCH3 is 1. The first kappa shape index (κ1) is 26.3. The molecule has 1 aliphatic heterocycles. The van der Waals surface area contributed by atoms with Crippen LogP contribution >= 0.6 is 11.6 Å². The molecule has 1 saturated heterocycles. The highest BCUT2D eigenvalue weighted by atomic mass is 35.5. The van der Waals surface area contributed by atoms with Crippen LogP contribution in [-0.2, 0) is 14.6 Å². The molecule has 2 aliphatic rings. The third kappa shape index (κ3) is 6.12. The van der Waals surface area contributed by atoms with Crippen LogP contribution in [0.4, 0.5) is 4.79 Å². The monoisotopic (exact) mass is 539 g/mol. The van der Waals surface area contributed by atoms with Crippen molar-refractivity contribution in [1.82, 2.24) is 14.9 Å². The van der Waals surface area contributed by atoms with E-state index in [-0.39, 0.29) is 50.6 Å². The maximum Gasteiger partial charge on any atom is 0.409 e. The maximum atomic E-state index is 12.5. The molecule has 0 spiro atoms. The van der Waals surface area contributed by atoms with Crippen molar-refractivity contribution in [3.05, 3.63) is 29.5 Å². The minimum absolute atomic E-state index is 0.0825. The number of ether oxygens (including phenoxy) is 4. The van der Waals surface area contributed by atoms with Gasteiger partial charge in [0.25, 0.3) is 11.8 Å². The van der Waals surface area contributed by atoms with Crippen LogP contribution in [0.2, 0.25) is 5.02 Å². The molecule has 0 radical (unpaired) electrons. The summed E-state index contributed by atoms with van der Waals surface area (Å²) in [5.74, 6) is 0.698. The first-order valence-corrected chi connectivity index (χ1v) is 13.9. The van der Waals surface area contributed by atoms with Crippen molar-refractivity contribution in [1.29, 1.82) is 0 Å². The Hall–Kier alpha value is -2.79. The number of carbonyl (C=O) groups excluding carboxylic acids is 1. The molecule has 1 amide bonds. The summed E-state index contributed by atoms with van der Waals surface area (Å²) in [6.07, 6.45) is 5.16. The number of rotatable bonds is 10. The lowest BCUT2D eigenvalue weighted by Gasteiger charge is -2.31. The van der Waals surface area contributed by atoms with Crippen molar-refractivity contribution in [2.24, 2.45) is 0 Å². The van der Waals surface area contributed by atoms with Gasteiger partial charge in [-0.1, -0.05) is 24.9 Å². The number of piperidine rings is 1. The van der Waals surface area contributed by atoms with E-state index in [2.05, 4.69) is 9.97 Å². The zero-order chi connectivity index (χ0) is 25.7. The second kappa shape index (κ2) is 11.5. The van der Waals surface area contributed by atoms with E-state index >= 15 is 0 Å². The molecular weight excluding hydrogens is 510 g/mol. The number of amides is 1. The van der Waals surface area contributed by atoms with E-state index in [0.717, 1.165) is 12.8 Å². The number of carbonyl (C=O) groups is 1. The molecule has 0 atom stereocenters. The zero-order valence-corrected chi connectivity index (χ0v) is 21.9. The number of likely N-dealkylation sites (tertiary alicyclic amines) is 1. The fourth-order valence-electron chi connectivity index (χ4n) is 3.80. The van der Waals surface area contributed by atoms with E-state index in [4.69, 9.17) is 30.5 Å². The lowest BCUT2D eigenvalue weighted by molar-refractivity contribution is 0.0643. The highest BCUT2D eigenvalue weighted by Gasteiger charge is 2.37. The molecule has 1 aliphatic carbocycles. The number of hydrogen-bond acceptors (Lipinski definition) is 9. The van der Waals surface area contributed by atoms with Gasteiger partial charge in [0.2, 0.25) is 5.75 Å². The van der Waals surface area contributed by atoms with Crippen molar-refractivity contribution >= 4 is 27.5 Å². The molecular formula is C24H30ClN3O7S. The molecule has 2 heterocycles.